The number of halogens is 1. The Hall–Kier alpha value is -2.46. The van der Waals surface area contributed by atoms with Gasteiger partial charge in [0.1, 0.15) is 5.82 Å². The van der Waals surface area contributed by atoms with E-state index in [1.54, 1.807) is 12.1 Å². The second-order valence-electron chi connectivity index (χ2n) is 6.57. The molecule has 1 aliphatic rings. The zero-order valence-electron chi connectivity index (χ0n) is 14.2. The molecule has 1 N–H and O–H groups in total. The van der Waals surface area contributed by atoms with Crippen molar-refractivity contribution in [2.75, 3.05) is 25.0 Å². The number of rotatable bonds is 5. The number of benzene rings is 2. The fraction of sp³-hybridized carbons (Fsp3) is 0.286. The molecule has 1 aliphatic heterocycles. The number of fused-ring (bicyclic) bond motifs is 1. The number of hydrogen-bond donors (Lipinski definition) is 1. The third-order valence-electron chi connectivity index (χ3n) is 4.95. The smallest absolute Gasteiger partial charge is 0.123 e. The Morgan fingerprint density at radius 2 is 1.76 bits per heavy atom. The molecule has 1 fully saturated rings. The first-order chi connectivity index (χ1) is 12.3. The van der Waals surface area contributed by atoms with Crippen LogP contribution in [0.15, 0.2) is 60.8 Å². The van der Waals surface area contributed by atoms with Crippen molar-refractivity contribution < 1.29 is 4.39 Å². The maximum atomic E-state index is 13.3. The first-order valence-corrected chi connectivity index (χ1v) is 8.88. The molecule has 0 bridgehead atoms. The molecule has 0 aliphatic carbocycles. The van der Waals surface area contributed by atoms with Crippen molar-refractivity contribution in [3.8, 4) is 0 Å². The van der Waals surface area contributed by atoms with Crippen LogP contribution in [0, 0.1) is 5.82 Å². The van der Waals surface area contributed by atoms with Crippen molar-refractivity contribution in [3.63, 3.8) is 0 Å². The summed E-state index contributed by atoms with van der Waals surface area (Å²) in [5.74, 6) is -0.185. The molecular formula is C21H22FN3. The molecule has 3 nitrogen and oxygen atoms in total. The molecule has 0 amide bonds. The summed E-state index contributed by atoms with van der Waals surface area (Å²) in [6, 6.07) is 17.4. The molecule has 1 atom stereocenters. The maximum Gasteiger partial charge on any atom is 0.123 e. The molecule has 0 saturated carbocycles. The number of nitrogens with one attached hydrogen (secondary N) is 1. The van der Waals surface area contributed by atoms with Crippen LogP contribution in [0.5, 0.6) is 0 Å². The molecule has 2 heterocycles. The number of anilines is 1. The minimum Gasteiger partial charge on any atom is -0.381 e. The quantitative estimate of drug-likeness (QED) is 0.737. The van der Waals surface area contributed by atoms with E-state index in [4.69, 9.17) is 0 Å². The van der Waals surface area contributed by atoms with Gasteiger partial charge in [0.15, 0.2) is 0 Å². The third kappa shape index (κ3) is 3.49. The molecule has 1 saturated heterocycles. The first-order valence-electron chi connectivity index (χ1n) is 8.88. The number of likely N-dealkylation sites (tertiary alicyclic amines) is 1. The van der Waals surface area contributed by atoms with E-state index < -0.39 is 0 Å². The lowest BCUT2D eigenvalue weighted by Gasteiger charge is -2.28. The largest absolute Gasteiger partial charge is 0.381 e. The van der Waals surface area contributed by atoms with Gasteiger partial charge in [-0.05, 0) is 55.8 Å². The van der Waals surface area contributed by atoms with Gasteiger partial charge in [-0.25, -0.2) is 4.39 Å². The average molecular weight is 335 g/mol. The van der Waals surface area contributed by atoms with E-state index in [1.165, 1.54) is 12.8 Å². The summed E-state index contributed by atoms with van der Waals surface area (Å²) in [5.41, 5.74) is 3.19. The van der Waals surface area contributed by atoms with Crippen molar-refractivity contribution in [2.45, 2.75) is 18.9 Å². The fourth-order valence-electron chi connectivity index (χ4n) is 3.65. The number of nitrogens with zero attached hydrogens (tertiary/aromatic N) is 2. The SMILES string of the molecule is Fc1ccc(C(CNc2cccc3cccnc23)N2CCCC2)cc1. The first kappa shape index (κ1) is 16.0. The predicted octanol–water partition coefficient (Wildman–Crippen LogP) is 4.62. The van der Waals surface area contributed by atoms with E-state index in [1.807, 2.05) is 24.4 Å². The van der Waals surface area contributed by atoms with Crippen molar-refractivity contribution >= 4 is 16.6 Å². The Labute approximate surface area is 147 Å². The number of para-hydroxylation sites is 1. The topological polar surface area (TPSA) is 28.2 Å². The lowest BCUT2D eigenvalue weighted by Crippen LogP contribution is -2.31. The summed E-state index contributed by atoms with van der Waals surface area (Å²) in [7, 11) is 0. The molecule has 1 aromatic heterocycles. The Kier molecular flexibility index (Phi) is 4.61. The molecule has 3 aromatic rings. The van der Waals surface area contributed by atoms with Crippen molar-refractivity contribution in [1.82, 2.24) is 9.88 Å². The highest BCUT2D eigenvalue weighted by atomic mass is 19.1. The molecule has 0 spiro atoms. The van der Waals surface area contributed by atoms with Gasteiger partial charge in [0.25, 0.3) is 0 Å². The Bertz CT molecular complexity index is 836. The maximum absolute atomic E-state index is 13.3. The van der Waals surface area contributed by atoms with Gasteiger partial charge in [0.05, 0.1) is 17.2 Å². The van der Waals surface area contributed by atoms with Gasteiger partial charge in [-0.1, -0.05) is 30.3 Å². The van der Waals surface area contributed by atoms with Crippen molar-refractivity contribution in [2.24, 2.45) is 0 Å². The molecule has 1 unspecified atom stereocenters. The van der Waals surface area contributed by atoms with Crippen LogP contribution in [0.4, 0.5) is 10.1 Å². The lowest BCUT2D eigenvalue weighted by atomic mass is 10.0. The van der Waals surface area contributed by atoms with Crippen LogP contribution in [0.25, 0.3) is 10.9 Å². The average Bonchev–Trinajstić information content (AvgIpc) is 3.18. The van der Waals surface area contributed by atoms with Crippen LogP contribution in [0.2, 0.25) is 0 Å². The second kappa shape index (κ2) is 7.19. The Morgan fingerprint density at radius 1 is 1.00 bits per heavy atom. The Balaban J connectivity index is 1.59. The molecule has 128 valence electrons. The van der Waals surface area contributed by atoms with Crippen molar-refractivity contribution in [1.29, 1.82) is 0 Å². The summed E-state index contributed by atoms with van der Waals surface area (Å²) < 4.78 is 13.3. The van der Waals surface area contributed by atoms with Gasteiger partial charge >= 0.3 is 0 Å². The number of pyridine rings is 1. The van der Waals surface area contributed by atoms with Gasteiger partial charge < -0.3 is 5.32 Å². The van der Waals surface area contributed by atoms with Gasteiger partial charge in [0.2, 0.25) is 0 Å². The molecule has 25 heavy (non-hydrogen) atoms. The summed E-state index contributed by atoms with van der Waals surface area (Å²) >= 11 is 0. The number of hydrogen-bond acceptors (Lipinski definition) is 3. The van der Waals surface area contributed by atoms with E-state index in [-0.39, 0.29) is 11.9 Å². The fourth-order valence-corrected chi connectivity index (χ4v) is 3.65. The minimum absolute atomic E-state index is 0.185. The zero-order valence-corrected chi connectivity index (χ0v) is 14.2. The monoisotopic (exact) mass is 335 g/mol. The molecule has 2 aromatic carbocycles. The molecular weight excluding hydrogens is 313 g/mol. The molecule has 4 rings (SSSR count). The second-order valence-corrected chi connectivity index (χ2v) is 6.57. The zero-order chi connectivity index (χ0) is 17.1. The van der Waals surface area contributed by atoms with E-state index in [2.05, 4.69) is 39.5 Å². The summed E-state index contributed by atoms with van der Waals surface area (Å²) in [4.78, 5) is 7.00. The van der Waals surface area contributed by atoms with Crippen molar-refractivity contribution in [3.05, 3.63) is 72.2 Å². The highest BCUT2D eigenvalue weighted by Gasteiger charge is 2.23. The molecule has 4 heteroatoms. The lowest BCUT2D eigenvalue weighted by molar-refractivity contribution is 0.256. The van der Waals surface area contributed by atoms with Gasteiger partial charge in [-0.3, -0.25) is 9.88 Å². The summed E-state index contributed by atoms with van der Waals surface area (Å²) in [5, 5.41) is 4.71. The third-order valence-corrected chi connectivity index (χ3v) is 4.95. The van der Waals surface area contributed by atoms with Gasteiger partial charge in [-0.2, -0.15) is 0 Å². The van der Waals surface area contributed by atoms with E-state index in [9.17, 15) is 4.39 Å². The van der Waals surface area contributed by atoms with Crippen LogP contribution in [-0.4, -0.2) is 29.5 Å². The number of aromatic nitrogens is 1. The Morgan fingerprint density at radius 3 is 2.56 bits per heavy atom. The van der Waals surface area contributed by atoms with Crippen LogP contribution in [-0.2, 0) is 0 Å². The van der Waals surface area contributed by atoms with Gasteiger partial charge in [-0.15, -0.1) is 0 Å². The minimum atomic E-state index is -0.185. The highest BCUT2D eigenvalue weighted by Crippen LogP contribution is 2.27. The van der Waals surface area contributed by atoms with E-state index in [0.717, 1.165) is 41.8 Å². The van der Waals surface area contributed by atoms with E-state index >= 15 is 0 Å². The van der Waals surface area contributed by atoms with E-state index in [0.29, 0.717) is 0 Å². The molecule has 0 radical (unpaired) electrons. The van der Waals surface area contributed by atoms with Gasteiger partial charge in [0, 0.05) is 18.1 Å². The van der Waals surface area contributed by atoms with Crippen LogP contribution < -0.4 is 5.32 Å². The highest BCUT2D eigenvalue weighted by molar-refractivity contribution is 5.90. The summed E-state index contributed by atoms with van der Waals surface area (Å²) in [6.07, 6.45) is 4.28. The normalized spacial score (nSPS) is 16.2. The van der Waals surface area contributed by atoms with Crippen LogP contribution in [0.1, 0.15) is 24.4 Å². The van der Waals surface area contributed by atoms with Crippen LogP contribution >= 0.6 is 0 Å². The van der Waals surface area contributed by atoms with Crippen LogP contribution in [0.3, 0.4) is 0 Å². The predicted molar refractivity (Wildman–Crippen MR) is 100 cm³/mol. The standard InChI is InChI=1S/C21H22FN3/c22-18-10-8-16(9-11-18)20(25-13-1-2-14-25)15-24-19-7-3-5-17-6-4-12-23-21(17)19/h3-12,20,24H,1-2,13-15H2. The summed E-state index contributed by atoms with van der Waals surface area (Å²) in [6.45, 7) is 2.97.